The molecule has 0 spiro atoms. The van der Waals surface area contributed by atoms with Crippen LogP contribution < -0.4 is 14.4 Å². The topological polar surface area (TPSA) is 59.0 Å². The van der Waals surface area contributed by atoms with Crippen molar-refractivity contribution in [2.24, 2.45) is 0 Å². The fourth-order valence-electron chi connectivity index (χ4n) is 2.91. The SMILES string of the molecule is Cc1cc(N2CCC(Oc3ccc(I)cc3)C2=O)ccc1OCC(C)(C)O. The molecule has 2 aromatic rings. The highest BCUT2D eigenvalue weighted by molar-refractivity contribution is 14.1. The third-order valence-corrected chi connectivity index (χ3v) is 5.02. The van der Waals surface area contributed by atoms with E-state index >= 15 is 0 Å². The van der Waals surface area contributed by atoms with Gasteiger partial charge in [0, 0.05) is 22.2 Å². The number of ether oxygens (including phenoxy) is 2. The van der Waals surface area contributed by atoms with E-state index in [0.29, 0.717) is 24.5 Å². The Morgan fingerprint density at radius 2 is 1.93 bits per heavy atom. The molecule has 1 aliphatic heterocycles. The van der Waals surface area contributed by atoms with E-state index in [9.17, 15) is 9.90 Å². The van der Waals surface area contributed by atoms with Crippen molar-refractivity contribution in [3.8, 4) is 11.5 Å². The molecule has 1 amide bonds. The van der Waals surface area contributed by atoms with E-state index in [2.05, 4.69) is 22.6 Å². The van der Waals surface area contributed by atoms with E-state index in [-0.39, 0.29) is 12.5 Å². The summed E-state index contributed by atoms with van der Waals surface area (Å²) in [7, 11) is 0. The van der Waals surface area contributed by atoms with Crippen molar-refractivity contribution in [3.63, 3.8) is 0 Å². The van der Waals surface area contributed by atoms with Gasteiger partial charge in [0.25, 0.3) is 5.91 Å². The van der Waals surface area contributed by atoms with Crippen molar-refractivity contribution in [3.05, 3.63) is 51.6 Å². The van der Waals surface area contributed by atoms with Crippen LogP contribution >= 0.6 is 22.6 Å². The summed E-state index contributed by atoms with van der Waals surface area (Å²) < 4.78 is 12.7. The van der Waals surface area contributed by atoms with Gasteiger partial charge in [0.05, 0.1) is 5.60 Å². The maximum Gasteiger partial charge on any atom is 0.268 e. The van der Waals surface area contributed by atoms with Gasteiger partial charge in [-0.25, -0.2) is 0 Å². The molecule has 0 bridgehead atoms. The van der Waals surface area contributed by atoms with Crippen molar-refractivity contribution >= 4 is 34.2 Å². The molecule has 144 valence electrons. The summed E-state index contributed by atoms with van der Waals surface area (Å²) in [6.45, 7) is 6.17. The lowest BCUT2D eigenvalue weighted by Gasteiger charge is -2.21. The minimum atomic E-state index is -0.893. The van der Waals surface area contributed by atoms with Crippen molar-refractivity contribution < 1.29 is 19.4 Å². The summed E-state index contributed by atoms with van der Waals surface area (Å²) in [5.41, 5.74) is 0.865. The molecule has 2 aromatic carbocycles. The monoisotopic (exact) mass is 481 g/mol. The molecule has 6 heteroatoms. The normalized spacial score (nSPS) is 17.3. The van der Waals surface area contributed by atoms with E-state index in [1.807, 2.05) is 49.4 Å². The number of halogens is 1. The van der Waals surface area contributed by atoms with Crippen molar-refractivity contribution in [2.45, 2.75) is 38.9 Å². The van der Waals surface area contributed by atoms with Crippen molar-refractivity contribution in [1.29, 1.82) is 0 Å². The van der Waals surface area contributed by atoms with Crippen LogP contribution in [0.1, 0.15) is 25.8 Å². The Morgan fingerprint density at radius 1 is 1.22 bits per heavy atom. The van der Waals surface area contributed by atoms with Crippen LogP contribution in [0.3, 0.4) is 0 Å². The highest BCUT2D eigenvalue weighted by Gasteiger charge is 2.34. The number of aryl methyl sites for hydroxylation is 1. The lowest BCUT2D eigenvalue weighted by atomic mass is 10.1. The van der Waals surface area contributed by atoms with Gasteiger partial charge in [-0.3, -0.25) is 4.79 Å². The maximum atomic E-state index is 12.8. The molecule has 0 aliphatic carbocycles. The molecule has 1 N–H and O–H groups in total. The molecule has 0 radical (unpaired) electrons. The smallest absolute Gasteiger partial charge is 0.268 e. The van der Waals surface area contributed by atoms with Gasteiger partial charge in [-0.1, -0.05) is 0 Å². The van der Waals surface area contributed by atoms with Crippen LogP contribution in [0.5, 0.6) is 11.5 Å². The molecular weight excluding hydrogens is 457 g/mol. The van der Waals surface area contributed by atoms with Crippen LogP contribution in [0, 0.1) is 10.5 Å². The largest absolute Gasteiger partial charge is 0.490 e. The number of aliphatic hydroxyl groups is 1. The van der Waals surface area contributed by atoms with E-state index in [0.717, 1.165) is 14.8 Å². The van der Waals surface area contributed by atoms with Gasteiger partial charge in [0.15, 0.2) is 6.10 Å². The third-order valence-electron chi connectivity index (χ3n) is 4.30. The predicted octanol–water partition coefficient (Wildman–Crippen LogP) is 3.93. The molecule has 1 atom stereocenters. The van der Waals surface area contributed by atoms with Crippen LogP contribution in [-0.4, -0.2) is 35.9 Å². The van der Waals surface area contributed by atoms with Crippen LogP contribution in [-0.2, 0) is 4.79 Å². The van der Waals surface area contributed by atoms with Gasteiger partial charge in [-0.05, 0) is 91.4 Å². The second kappa shape index (κ2) is 8.06. The first-order valence-corrected chi connectivity index (χ1v) is 10.0. The first-order chi connectivity index (χ1) is 12.7. The average Bonchev–Trinajstić information content (AvgIpc) is 2.96. The Kier molecular flexibility index (Phi) is 5.95. The molecule has 1 heterocycles. The number of carbonyl (C=O) groups excluding carboxylic acids is 1. The fraction of sp³-hybridized carbons (Fsp3) is 0.381. The van der Waals surface area contributed by atoms with Gasteiger partial charge >= 0.3 is 0 Å². The number of rotatable bonds is 6. The molecule has 0 saturated carbocycles. The van der Waals surface area contributed by atoms with Crippen LogP contribution in [0.15, 0.2) is 42.5 Å². The number of hydrogen-bond acceptors (Lipinski definition) is 4. The van der Waals surface area contributed by atoms with Gasteiger partial charge in [0.1, 0.15) is 18.1 Å². The molecule has 1 saturated heterocycles. The summed E-state index contributed by atoms with van der Waals surface area (Å²) in [5.74, 6) is 1.39. The van der Waals surface area contributed by atoms with E-state index in [4.69, 9.17) is 9.47 Å². The Labute approximate surface area is 173 Å². The first kappa shape index (κ1) is 19.9. The molecule has 0 aromatic heterocycles. The third kappa shape index (κ3) is 5.13. The number of hydrogen-bond donors (Lipinski definition) is 1. The zero-order chi connectivity index (χ0) is 19.6. The van der Waals surface area contributed by atoms with Crippen LogP contribution in [0.4, 0.5) is 5.69 Å². The van der Waals surface area contributed by atoms with Crippen molar-refractivity contribution in [1.82, 2.24) is 0 Å². The lowest BCUT2D eigenvalue weighted by Crippen LogP contribution is -2.32. The second-order valence-corrected chi connectivity index (χ2v) is 8.64. The molecule has 27 heavy (non-hydrogen) atoms. The number of anilines is 1. The minimum Gasteiger partial charge on any atom is -0.490 e. The summed E-state index contributed by atoms with van der Waals surface area (Å²) in [4.78, 5) is 14.5. The summed E-state index contributed by atoms with van der Waals surface area (Å²) in [6, 6.07) is 13.3. The Bertz CT molecular complexity index is 814. The highest BCUT2D eigenvalue weighted by atomic mass is 127. The van der Waals surface area contributed by atoms with Gasteiger partial charge in [-0.2, -0.15) is 0 Å². The fourth-order valence-corrected chi connectivity index (χ4v) is 3.27. The minimum absolute atomic E-state index is 0.0295. The van der Waals surface area contributed by atoms with E-state index in [1.54, 1.807) is 18.7 Å². The summed E-state index contributed by atoms with van der Waals surface area (Å²) in [5, 5.41) is 9.80. The first-order valence-electron chi connectivity index (χ1n) is 8.92. The van der Waals surface area contributed by atoms with E-state index in [1.165, 1.54) is 0 Å². The predicted molar refractivity (Wildman–Crippen MR) is 114 cm³/mol. The molecule has 1 fully saturated rings. The number of carbonyl (C=O) groups is 1. The molecular formula is C21H24INO4. The van der Waals surface area contributed by atoms with Gasteiger partial charge in [-0.15, -0.1) is 0 Å². The Morgan fingerprint density at radius 3 is 2.56 bits per heavy atom. The Hall–Kier alpha value is -1.80. The van der Waals surface area contributed by atoms with Crippen LogP contribution in [0.25, 0.3) is 0 Å². The van der Waals surface area contributed by atoms with Crippen molar-refractivity contribution in [2.75, 3.05) is 18.1 Å². The van der Waals surface area contributed by atoms with Crippen LogP contribution in [0.2, 0.25) is 0 Å². The van der Waals surface area contributed by atoms with Gasteiger partial charge in [0.2, 0.25) is 0 Å². The molecule has 3 rings (SSSR count). The number of amides is 1. The standard InChI is InChI=1S/C21H24INO4/c1-14-12-16(6-9-18(14)26-13-21(2,3)25)23-11-10-19(20(23)24)27-17-7-4-15(22)5-8-17/h4-9,12,19,25H,10-11,13H2,1-3H3. The number of nitrogens with zero attached hydrogens (tertiary/aromatic N) is 1. The zero-order valence-corrected chi connectivity index (χ0v) is 17.9. The summed E-state index contributed by atoms with van der Waals surface area (Å²) >= 11 is 2.24. The molecule has 5 nitrogen and oxygen atoms in total. The lowest BCUT2D eigenvalue weighted by molar-refractivity contribution is -0.122. The molecule has 1 aliphatic rings. The maximum absolute atomic E-state index is 12.8. The van der Waals surface area contributed by atoms with E-state index < -0.39 is 11.7 Å². The quantitative estimate of drug-likeness (QED) is 0.636. The average molecular weight is 481 g/mol. The zero-order valence-electron chi connectivity index (χ0n) is 15.7. The van der Waals surface area contributed by atoms with Gasteiger partial charge < -0.3 is 19.5 Å². The highest BCUT2D eigenvalue weighted by Crippen LogP contribution is 2.29. The molecule has 1 unspecified atom stereocenters. The number of benzene rings is 2. The Balaban J connectivity index is 1.67. The second-order valence-electron chi connectivity index (χ2n) is 7.39. The summed E-state index contributed by atoms with van der Waals surface area (Å²) in [6.07, 6.45) is 0.192.